The molecule has 1 amide bonds. The van der Waals surface area contributed by atoms with Gasteiger partial charge in [0.1, 0.15) is 11.6 Å². The maximum absolute atomic E-state index is 12.0. The summed E-state index contributed by atoms with van der Waals surface area (Å²) in [6.07, 6.45) is 4.16. The van der Waals surface area contributed by atoms with E-state index in [0.29, 0.717) is 28.5 Å². The molecule has 0 spiro atoms. The van der Waals surface area contributed by atoms with Crippen molar-refractivity contribution in [3.8, 4) is 5.75 Å². The van der Waals surface area contributed by atoms with Gasteiger partial charge in [-0.05, 0) is 49.9 Å². The van der Waals surface area contributed by atoms with Crippen LogP contribution in [0.4, 0.5) is 5.82 Å². The number of nitrogens with one attached hydrogen (secondary N) is 1. The Morgan fingerprint density at radius 1 is 1.41 bits per heavy atom. The van der Waals surface area contributed by atoms with E-state index in [1.165, 1.54) is 12.8 Å². The Balaban J connectivity index is 1.55. The average Bonchev–Trinajstić information content (AvgIpc) is 3.26. The fourth-order valence-electron chi connectivity index (χ4n) is 2.37. The van der Waals surface area contributed by atoms with Crippen LogP contribution in [-0.2, 0) is 4.79 Å². The first kappa shape index (κ1) is 14.9. The van der Waals surface area contributed by atoms with E-state index in [1.54, 1.807) is 36.5 Å². The first-order valence-electron chi connectivity index (χ1n) is 7.35. The molecule has 0 aliphatic heterocycles. The quantitative estimate of drug-likeness (QED) is 0.886. The minimum Gasteiger partial charge on any atom is -0.484 e. The van der Waals surface area contributed by atoms with Crippen molar-refractivity contribution >= 4 is 23.3 Å². The third-order valence-corrected chi connectivity index (χ3v) is 4.06. The Bertz CT molecular complexity index is 650. The maximum atomic E-state index is 12.0. The van der Waals surface area contributed by atoms with Crippen LogP contribution in [0.2, 0.25) is 5.02 Å². The Labute approximate surface area is 134 Å². The third kappa shape index (κ3) is 3.60. The fraction of sp³-hybridized carbons (Fsp3) is 0.375. The van der Waals surface area contributed by atoms with Gasteiger partial charge < -0.3 is 10.1 Å². The Kier molecular flexibility index (Phi) is 4.34. The second-order valence-corrected chi connectivity index (χ2v) is 5.97. The van der Waals surface area contributed by atoms with Crippen molar-refractivity contribution in [3.63, 3.8) is 0 Å². The largest absolute Gasteiger partial charge is 0.484 e. The molecule has 0 bridgehead atoms. The molecule has 1 saturated carbocycles. The van der Waals surface area contributed by atoms with Gasteiger partial charge in [-0.25, -0.2) is 4.68 Å². The van der Waals surface area contributed by atoms with Crippen LogP contribution >= 0.6 is 11.6 Å². The minimum atomic E-state index is -0.209. The van der Waals surface area contributed by atoms with Crippen LogP contribution in [-0.4, -0.2) is 22.3 Å². The molecule has 3 rings (SSSR count). The van der Waals surface area contributed by atoms with E-state index >= 15 is 0 Å². The van der Waals surface area contributed by atoms with Gasteiger partial charge in [-0.2, -0.15) is 5.10 Å². The fourth-order valence-corrected chi connectivity index (χ4v) is 2.50. The summed E-state index contributed by atoms with van der Waals surface area (Å²) < 4.78 is 7.30. The third-order valence-electron chi connectivity index (χ3n) is 3.81. The summed E-state index contributed by atoms with van der Waals surface area (Å²) in [7, 11) is 0. The number of ether oxygens (including phenoxy) is 1. The lowest BCUT2D eigenvalue weighted by molar-refractivity contribution is -0.118. The molecule has 1 aromatic heterocycles. The highest BCUT2D eigenvalue weighted by atomic mass is 35.5. The van der Waals surface area contributed by atoms with E-state index in [4.69, 9.17) is 16.3 Å². The number of carbonyl (C=O) groups excluding carboxylic acids is 1. The van der Waals surface area contributed by atoms with Gasteiger partial charge in [0.2, 0.25) is 0 Å². The van der Waals surface area contributed by atoms with Crippen LogP contribution in [0.1, 0.15) is 25.8 Å². The summed E-state index contributed by atoms with van der Waals surface area (Å²) in [6.45, 7) is 2.08. The van der Waals surface area contributed by atoms with E-state index in [-0.39, 0.29) is 12.5 Å². The molecule has 0 unspecified atom stereocenters. The number of benzene rings is 1. The van der Waals surface area contributed by atoms with Crippen molar-refractivity contribution in [3.05, 3.63) is 41.6 Å². The van der Waals surface area contributed by atoms with Gasteiger partial charge in [0.05, 0.1) is 12.2 Å². The zero-order valence-electron chi connectivity index (χ0n) is 12.3. The number of nitrogens with zero attached hydrogens (tertiary/aromatic N) is 2. The molecule has 1 N–H and O–H groups in total. The number of rotatable bonds is 6. The SMILES string of the molecule is C[C@H](C1CC1)n1nccc1NC(=O)COc1ccc(Cl)cc1. The highest BCUT2D eigenvalue weighted by Crippen LogP contribution is 2.40. The molecule has 1 aromatic carbocycles. The second-order valence-electron chi connectivity index (χ2n) is 5.53. The number of amides is 1. The van der Waals surface area contributed by atoms with Crippen molar-refractivity contribution in [2.75, 3.05) is 11.9 Å². The lowest BCUT2D eigenvalue weighted by Crippen LogP contribution is -2.23. The summed E-state index contributed by atoms with van der Waals surface area (Å²) in [6, 6.07) is 9.02. The Morgan fingerprint density at radius 3 is 2.82 bits per heavy atom. The maximum Gasteiger partial charge on any atom is 0.263 e. The van der Waals surface area contributed by atoms with Gasteiger partial charge in [-0.3, -0.25) is 4.79 Å². The lowest BCUT2D eigenvalue weighted by Gasteiger charge is -2.15. The van der Waals surface area contributed by atoms with Crippen molar-refractivity contribution in [2.24, 2.45) is 5.92 Å². The number of anilines is 1. The van der Waals surface area contributed by atoms with Crippen molar-refractivity contribution in [2.45, 2.75) is 25.8 Å². The zero-order valence-corrected chi connectivity index (χ0v) is 13.1. The summed E-state index contributed by atoms with van der Waals surface area (Å²) in [5.41, 5.74) is 0. The molecule has 22 heavy (non-hydrogen) atoms. The average molecular weight is 320 g/mol. The van der Waals surface area contributed by atoms with Gasteiger partial charge in [0, 0.05) is 11.1 Å². The monoisotopic (exact) mass is 319 g/mol. The summed E-state index contributed by atoms with van der Waals surface area (Å²) in [4.78, 5) is 12.0. The second kappa shape index (κ2) is 6.40. The van der Waals surface area contributed by atoms with E-state index < -0.39 is 0 Å². The van der Waals surface area contributed by atoms with Gasteiger partial charge >= 0.3 is 0 Å². The highest BCUT2D eigenvalue weighted by molar-refractivity contribution is 6.30. The number of hydrogen-bond donors (Lipinski definition) is 1. The van der Waals surface area contributed by atoms with Gasteiger partial charge in [-0.15, -0.1) is 0 Å². The molecule has 0 saturated heterocycles. The molecule has 5 nitrogen and oxygen atoms in total. The molecular formula is C16H18ClN3O2. The van der Waals surface area contributed by atoms with E-state index in [2.05, 4.69) is 17.3 Å². The van der Waals surface area contributed by atoms with Crippen molar-refractivity contribution in [1.29, 1.82) is 0 Å². The predicted octanol–water partition coefficient (Wildman–Crippen LogP) is 3.53. The Morgan fingerprint density at radius 2 is 2.14 bits per heavy atom. The highest BCUT2D eigenvalue weighted by Gasteiger charge is 2.30. The molecule has 1 fully saturated rings. The van der Waals surface area contributed by atoms with Gasteiger partial charge in [-0.1, -0.05) is 11.6 Å². The normalized spacial score (nSPS) is 15.4. The number of aromatic nitrogens is 2. The smallest absolute Gasteiger partial charge is 0.263 e. The molecule has 116 valence electrons. The van der Waals surface area contributed by atoms with Crippen molar-refractivity contribution in [1.82, 2.24) is 9.78 Å². The lowest BCUT2D eigenvalue weighted by atomic mass is 10.2. The minimum absolute atomic E-state index is 0.0510. The predicted molar refractivity (Wildman–Crippen MR) is 85.2 cm³/mol. The molecule has 2 aromatic rings. The van der Waals surface area contributed by atoms with Crippen LogP contribution < -0.4 is 10.1 Å². The molecular weight excluding hydrogens is 302 g/mol. The van der Waals surface area contributed by atoms with Gasteiger partial charge in [0.15, 0.2) is 6.61 Å². The molecule has 1 atom stereocenters. The molecule has 0 radical (unpaired) electrons. The van der Waals surface area contributed by atoms with E-state index in [9.17, 15) is 4.79 Å². The zero-order chi connectivity index (χ0) is 15.5. The summed E-state index contributed by atoms with van der Waals surface area (Å²) in [5.74, 6) is 1.78. The first-order chi connectivity index (χ1) is 10.6. The van der Waals surface area contributed by atoms with Crippen LogP contribution in [0, 0.1) is 5.92 Å². The molecule has 6 heteroatoms. The summed E-state index contributed by atoms with van der Waals surface area (Å²) in [5, 5.41) is 7.79. The number of carbonyl (C=O) groups is 1. The number of hydrogen-bond acceptors (Lipinski definition) is 3. The van der Waals surface area contributed by atoms with Crippen LogP contribution in [0.25, 0.3) is 0 Å². The van der Waals surface area contributed by atoms with Crippen LogP contribution in [0.3, 0.4) is 0 Å². The molecule has 1 aliphatic carbocycles. The first-order valence-corrected chi connectivity index (χ1v) is 7.73. The van der Waals surface area contributed by atoms with E-state index in [1.807, 2.05) is 4.68 Å². The molecule has 1 aliphatic rings. The number of halogens is 1. The summed E-state index contributed by atoms with van der Waals surface area (Å²) >= 11 is 5.80. The topological polar surface area (TPSA) is 56.2 Å². The van der Waals surface area contributed by atoms with Crippen LogP contribution in [0.15, 0.2) is 36.5 Å². The Hall–Kier alpha value is -2.01. The molecule has 1 heterocycles. The standard InChI is InChI=1S/C16H18ClN3O2/c1-11(12-2-3-12)20-15(8-9-18-20)19-16(21)10-22-14-6-4-13(17)5-7-14/h4-9,11-12H,2-3,10H2,1H3,(H,19,21)/t11-/m1/s1. The van der Waals surface area contributed by atoms with Crippen molar-refractivity contribution < 1.29 is 9.53 Å². The van der Waals surface area contributed by atoms with Gasteiger partial charge in [0.25, 0.3) is 5.91 Å². The van der Waals surface area contributed by atoms with E-state index in [0.717, 1.165) is 0 Å². The van der Waals surface area contributed by atoms with Crippen LogP contribution in [0.5, 0.6) is 5.75 Å².